The van der Waals surface area contributed by atoms with Gasteiger partial charge in [-0.3, -0.25) is 0 Å². The number of carbonyl (C=O) groups is 1. The Bertz CT molecular complexity index is 402. The normalized spacial score (nSPS) is 17.7. The Morgan fingerprint density at radius 3 is 2.47 bits per heavy atom. The summed E-state index contributed by atoms with van der Waals surface area (Å²) >= 11 is 0. The molecule has 1 aromatic rings. The lowest BCUT2D eigenvalue weighted by atomic mass is 10.1. The van der Waals surface area contributed by atoms with E-state index in [1.54, 1.807) is 4.90 Å². The van der Waals surface area contributed by atoms with Crippen LogP contribution in [0.2, 0.25) is 0 Å². The molecule has 1 aromatic carbocycles. The van der Waals surface area contributed by atoms with Crippen molar-refractivity contribution >= 4 is 6.03 Å². The first-order valence-electron chi connectivity index (χ1n) is 5.90. The molecule has 1 fully saturated rings. The van der Waals surface area contributed by atoms with Crippen molar-refractivity contribution < 1.29 is 4.79 Å². The van der Waals surface area contributed by atoms with Crippen molar-refractivity contribution in [1.82, 2.24) is 9.80 Å². The molecule has 1 saturated heterocycles. The van der Waals surface area contributed by atoms with Crippen LogP contribution in [-0.2, 0) is 0 Å². The second-order valence-electron chi connectivity index (χ2n) is 4.67. The van der Waals surface area contributed by atoms with Crippen molar-refractivity contribution in [2.75, 3.05) is 26.7 Å². The summed E-state index contributed by atoms with van der Waals surface area (Å²) in [6, 6.07) is 8.13. The molecular formula is C13H19N3O. The zero-order valence-electron chi connectivity index (χ0n) is 10.4. The van der Waals surface area contributed by atoms with Gasteiger partial charge in [0.1, 0.15) is 0 Å². The smallest absolute Gasteiger partial charge is 0.319 e. The number of rotatable bonds is 3. The molecule has 0 spiro atoms. The summed E-state index contributed by atoms with van der Waals surface area (Å²) in [4.78, 5) is 15.3. The zero-order chi connectivity index (χ0) is 12.4. The van der Waals surface area contributed by atoms with Gasteiger partial charge in [-0.25, -0.2) is 4.79 Å². The third-order valence-electron chi connectivity index (χ3n) is 3.22. The fourth-order valence-corrected chi connectivity index (χ4v) is 2.03. The predicted octanol–water partition coefficient (Wildman–Crippen LogP) is 1.36. The Morgan fingerprint density at radius 1 is 1.29 bits per heavy atom. The third-order valence-corrected chi connectivity index (χ3v) is 3.22. The van der Waals surface area contributed by atoms with Gasteiger partial charge in [0.2, 0.25) is 0 Å². The van der Waals surface area contributed by atoms with Gasteiger partial charge >= 0.3 is 6.03 Å². The van der Waals surface area contributed by atoms with Crippen LogP contribution in [0.3, 0.4) is 0 Å². The Hall–Kier alpha value is -1.55. The molecule has 4 nitrogen and oxygen atoms in total. The van der Waals surface area contributed by atoms with Crippen molar-refractivity contribution in [2.45, 2.75) is 13.0 Å². The number of hydrogen-bond acceptors (Lipinski definition) is 2. The molecular weight excluding hydrogens is 214 g/mol. The molecule has 1 heterocycles. The highest BCUT2D eigenvalue weighted by molar-refractivity contribution is 5.76. The van der Waals surface area contributed by atoms with Crippen LogP contribution in [0.5, 0.6) is 0 Å². The van der Waals surface area contributed by atoms with Gasteiger partial charge in [0.05, 0.1) is 0 Å². The molecule has 4 heteroatoms. The zero-order valence-corrected chi connectivity index (χ0v) is 10.4. The molecule has 1 atom stereocenters. The molecule has 2 amide bonds. The van der Waals surface area contributed by atoms with E-state index >= 15 is 0 Å². The van der Waals surface area contributed by atoms with Crippen LogP contribution < -0.4 is 5.73 Å². The molecule has 1 unspecified atom stereocenters. The summed E-state index contributed by atoms with van der Waals surface area (Å²) in [5, 5.41) is 0. The summed E-state index contributed by atoms with van der Waals surface area (Å²) in [5.74, 6) is 0. The van der Waals surface area contributed by atoms with E-state index < -0.39 is 0 Å². The van der Waals surface area contributed by atoms with Crippen molar-refractivity contribution in [3.63, 3.8) is 0 Å². The molecule has 1 aliphatic rings. The maximum Gasteiger partial charge on any atom is 0.319 e. The van der Waals surface area contributed by atoms with Crippen LogP contribution in [0.1, 0.15) is 17.2 Å². The Morgan fingerprint density at radius 2 is 1.94 bits per heavy atom. The van der Waals surface area contributed by atoms with Gasteiger partial charge in [-0.1, -0.05) is 29.8 Å². The maximum absolute atomic E-state index is 11.7. The number of urea groups is 1. The Labute approximate surface area is 102 Å². The number of nitrogens with two attached hydrogens (primary N) is 1. The van der Waals surface area contributed by atoms with E-state index in [0.29, 0.717) is 6.54 Å². The molecule has 0 bridgehead atoms. The lowest BCUT2D eigenvalue weighted by molar-refractivity contribution is 0.196. The van der Waals surface area contributed by atoms with Crippen LogP contribution in [0, 0.1) is 6.92 Å². The average molecular weight is 233 g/mol. The van der Waals surface area contributed by atoms with Crippen LogP contribution >= 0.6 is 0 Å². The highest BCUT2D eigenvalue weighted by Crippen LogP contribution is 2.15. The van der Waals surface area contributed by atoms with Gasteiger partial charge < -0.3 is 15.5 Å². The number of likely N-dealkylation sites (N-methyl/N-ethyl adjacent to an activating group) is 1. The van der Waals surface area contributed by atoms with Gasteiger partial charge in [-0.05, 0) is 12.5 Å². The lowest BCUT2D eigenvalue weighted by Crippen LogP contribution is -2.35. The lowest BCUT2D eigenvalue weighted by Gasteiger charge is -2.21. The van der Waals surface area contributed by atoms with E-state index in [4.69, 9.17) is 5.73 Å². The summed E-state index contributed by atoms with van der Waals surface area (Å²) in [6.45, 7) is 4.20. The van der Waals surface area contributed by atoms with Gasteiger partial charge in [0.25, 0.3) is 0 Å². The molecule has 0 saturated carbocycles. The minimum Gasteiger partial charge on any atom is -0.326 e. The molecule has 0 radical (unpaired) electrons. The van der Waals surface area contributed by atoms with Crippen molar-refractivity contribution in [3.8, 4) is 0 Å². The quantitative estimate of drug-likeness (QED) is 0.857. The number of benzene rings is 1. The van der Waals surface area contributed by atoms with E-state index in [2.05, 4.69) is 0 Å². The first-order chi connectivity index (χ1) is 8.08. The maximum atomic E-state index is 11.7. The van der Waals surface area contributed by atoms with E-state index in [-0.39, 0.29) is 12.1 Å². The molecule has 0 aromatic heterocycles. The predicted molar refractivity (Wildman–Crippen MR) is 67.7 cm³/mol. The molecule has 92 valence electrons. The van der Waals surface area contributed by atoms with Crippen LogP contribution in [0.15, 0.2) is 24.3 Å². The molecule has 2 N–H and O–H groups in total. The second-order valence-corrected chi connectivity index (χ2v) is 4.67. The third kappa shape index (κ3) is 2.58. The van der Waals surface area contributed by atoms with Gasteiger partial charge in [0.15, 0.2) is 0 Å². The largest absolute Gasteiger partial charge is 0.326 e. The van der Waals surface area contributed by atoms with Gasteiger partial charge in [-0.15, -0.1) is 0 Å². The summed E-state index contributed by atoms with van der Waals surface area (Å²) < 4.78 is 0. The molecule has 2 rings (SSSR count). The molecule has 1 aliphatic heterocycles. The summed E-state index contributed by atoms with van der Waals surface area (Å²) in [7, 11) is 1.82. The fourth-order valence-electron chi connectivity index (χ4n) is 2.03. The molecule has 17 heavy (non-hydrogen) atoms. The van der Waals surface area contributed by atoms with Crippen molar-refractivity contribution in [2.24, 2.45) is 5.73 Å². The average Bonchev–Trinajstić information content (AvgIpc) is 2.62. The Balaban J connectivity index is 1.99. The summed E-state index contributed by atoms with van der Waals surface area (Å²) in [6.07, 6.45) is 0. The first kappa shape index (κ1) is 11.9. The number of hydrogen-bond donors (Lipinski definition) is 1. The monoisotopic (exact) mass is 233 g/mol. The highest BCUT2D eigenvalue weighted by Gasteiger charge is 2.26. The Kier molecular flexibility index (Phi) is 3.33. The first-order valence-corrected chi connectivity index (χ1v) is 5.90. The fraction of sp³-hybridized carbons (Fsp3) is 0.462. The van der Waals surface area contributed by atoms with E-state index in [1.165, 1.54) is 5.56 Å². The summed E-state index contributed by atoms with van der Waals surface area (Å²) in [5.41, 5.74) is 8.42. The number of aryl methyl sites for hydroxylation is 1. The SMILES string of the molecule is Cc1ccc(C(N)CN2CCN(C)C2=O)cc1. The van der Waals surface area contributed by atoms with E-state index in [9.17, 15) is 4.79 Å². The van der Waals surface area contributed by atoms with E-state index in [1.807, 2.05) is 43.1 Å². The minimum absolute atomic E-state index is 0.0764. The number of amides is 2. The van der Waals surface area contributed by atoms with Crippen LogP contribution in [0.25, 0.3) is 0 Å². The number of carbonyl (C=O) groups excluding carboxylic acids is 1. The standard InChI is InChI=1S/C13H19N3O/c1-10-3-5-11(6-4-10)12(14)9-16-8-7-15(2)13(16)17/h3-6,12H,7-9,14H2,1-2H3. The molecule has 0 aliphatic carbocycles. The minimum atomic E-state index is -0.106. The van der Waals surface area contributed by atoms with Gasteiger partial charge in [0, 0.05) is 32.7 Å². The van der Waals surface area contributed by atoms with Gasteiger partial charge in [-0.2, -0.15) is 0 Å². The van der Waals surface area contributed by atoms with Crippen LogP contribution in [-0.4, -0.2) is 42.5 Å². The second kappa shape index (κ2) is 4.75. The van der Waals surface area contributed by atoms with E-state index in [0.717, 1.165) is 18.7 Å². The highest BCUT2D eigenvalue weighted by atomic mass is 16.2. The topological polar surface area (TPSA) is 49.6 Å². The van der Waals surface area contributed by atoms with Crippen molar-refractivity contribution in [3.05, 3.63) is 35.4 Å². The van der Waals surface area contributed by atoms with Crippen LogP contribution in [0.4, 0.5) is 4.79 Å². The number of nitrogens with zero attached hydrogens (tertiary/aromatic N) is 2. The van der Waals surface area contributed by atoms with Crippen molar-refractivity contribution in [1.29, 1.82) is 0 Å².